The molecule has 1 atom stereocenters. The molecular formula is C26H27Br2N3O4S. The quantitative estimate of drug-likeness (QED) is 0.358. The van der Waals surface area contributed by atoms with Gasteiger partial charge in [0.1, 0.15) is 12.6 Å². The minimum absolute atomic E-state index is 0.124. The van der Waals surface area contributed by atoms with Crippen LogP contribution in [0.3, 0.4) is 0 Å². The summed E-state index contributed by atoms with van der Waals surface area (Å²) in [4.78, 5) is 28.3. The lowest BCUT2D eigenvalue weighted by molar-refractivity contribution is -0.139. The van der Waals surface area contributed by atoms with Crippen LogP contribution in [-0.2, 0) is 32.6 Å². The molecule has 0 radical (unpaired) electrons. The van der Waals surface area contributed by atoms with Crippen molar-refractivity contribution < 1.29 is 18.0 Å². The zero-order valence-corrected chi connectivity index (χ0v) is 23.9. The fourth-order valence-electron chi connectivity index (χ4n) is 3.80. The molecule has 7 nitrogen and oxygen atoms in total. The number of carbonyl (C=O) groups is 2. The Bertz CT molecular complexity index is 1320. The number of halogens is 2. The summed E-state index contributed by atoms with van der Waals surface area (Å²) in [5, 5.41) is 2.66. The summed E-state index contributed by atoms with van der Waals surface area (Å²) in [5.41, 5.74) is 2.03. The molecule has 0 saturated carbocycles. The van der Waals surface area contributed by atoms with Crippen LogP contribution in [0.1, 0.15) is 11.1 Å². The lowest BCUT2D eigenvalue weighted by Gasteiger charge is -2.33. The molecule has 0 heterocycles. The van der Waals surface area contributed by atoms with Gasteiger partial charge in [0.2, 0.25) is 21.8 Å². The van der Waals surface area contributed by atoms with Gasteiger partial charge in [-0.05, 0) is 41.5 Å². The number of rotatable bonds is 10. The molecule has 0 spiro atoms. The molecule has 0 aliphatic carbocycles. The Kier molecular flexibility index (Phi) is 9.69. The standard InChI is InChI=1S/C26H27Br2N3O4S/c1-29-26(33)24(15-19-8-4-3-5-9-19)30(17-20-10-6-11-21(27)14-20)25(32)18-31(36(2,34)35)23-13-7-12-22(28)16-23/h3-14,16,24H,15,17-18H2,1-2H3,(H,29,33)/t24-/m1/s1. The molecule has 3 aromatic carbocycles. The summed E-state index contributed by atoms with van der Waals surface area (Å²) in [7, 11) is -2.28. The number of nitrogens with zero attached hydrogens (tertiary/aromatic N) is 2. The Hall–Kier alpha value is -2.69. The van der Waals surface area contributed by atoms with Crippen LogP contribution in [0.25, 0.3) is 0 Å². The third-order valence-corrected chi connectivity index (χ3v) is 7.66. The van der Waals surface area contributed by atoms with Crippen molar-refractivity contribution in [2.75, 3.05) is 24.2 Å². The molecule has 0 fully saturated rings. The maximum absolute atomic E-state index is 13.8. The lowest BCUT2D eigenvalue weighted by atomic mass is 10.0. The highest BCUT2D eigenvalue weighted by atomic mass is 79.9. The van der Waals surface area contributed by atoms with Crippen LogP contribution in [0, 0.1) is 0 Å². The minimum Gasteiger partial charge on any atom is -0.357 e. The van der Waals surface area contributed by atoms with Crippen molar-refractivity contribution in [2.45, 2.75) is 19.0 Å². The summed E-state index contributed by atoms with van der Waals surface area (Å²) in [6, 6.07) is 22.7. The van der Waals surface area contributed by atoms with Crippen molar-refractivity contribution in [3.8, 4) is 0 Å². The van der Waals surface area contributed by atoms with Crippen molar-refractivity contribution >= 4 is 59.4 Å². The number of hydrogen-bond donors (Lipinski definition) is 1. The van der Waals surface area contributed by atoms with Crippen molar-refractivity contribution in [2.24, 2.45) is 0 Å². The van der Waals surface area contributed by atoms with E-state index in [9.17, 15) is 18.0 Å². The van der Waals surface area contributed by atoms with E-state index in [2.05, 4.69) is 37.2 Å². The molecule has 0 aliphatic rings. The number of carbonyl (C=O) groups excluding carboxylic acids is 2. The highest BCUT2D eigenvalue weighted by Gasteiger charge is 2.32. The predicted octanol–water partition coefficient (Wildman–Crippen LogP) is 4.36. The van der Waals surface area contributed by atoms with Gasteiger partial charge in [-0.1, -0.05) is 80.4 Å². The van der Waals surface area contributed by atoms with Gasteiger partial charge in [-0.15, -0.1) is 0 Å². The summed E-state index contributed by atoms with van der Waals surface area (Å²) in [6.07, 6.45) is 1.33. The van der Waals surface area contributed by atoms with E-state index in [1.807, 2.05) is 54.6 Å². The van der Waals surface area contributed by atoms with Gasteiger partial charge in [0.25, 0.3) is 0 Å². The molecule has 190 valence electrons. The molecular weight excluding hydrogens is 610 g/mol. The third kappa shape index (κ3) is 7.65. The summed E-state index contributed by atoms with van der Waals surface area (Å²) >= 11 is 6.81. The molecule has 0 aromatic heterocycles. The number of nitrogens with one attached hydrogen (secondary N) is 1. The number of anilines is 1. The van der Waals surface area contributed by atoms with Crippen LogP contribution < -0.4 is 9.62 Å². The van der Waals surface area contributed by atoms with Crippen LogP contribution in [-0.4, -0.2) is 51.0 Å². The highest BCUT2D eigenvalue weighted by molar-refractivity contribution is 9.10. The Morgan fingerprint density at radius 3 is 2.08 bits per heavy atom. The van der Waals surface area contributed by atoms with Gasteiger partial charge < -0.3 is 10.2 Å². The number of benzene rings is 3. The fraction of sp³-hybridized carbons (Fsp3) is 0.231. The van der Waals surface area contributed by atoms with E-state index in [-0.39, 0.29) is 18.9 Å². The lowest BCUT2D eigenvalue weighted by Crippen LogP contribution is -2.52. The first-order chi connectivity index (χ1) is 17.1. The molecule has 0 aliphatic heterocycles. The van der Waals surface area contributed by atoms with Gasteiger partial charge in [-0.3, -0.25) is 13.9 Å². The molecule has 1 N–H and O–H groups in total. The Morgan fingerprint density at radius 1 is 0.889 bits per heavy atom. The smallest absolute Gasteiger partial charge is 0.244 e. The highest BCUT2D eigenvalue weighted by Crippen LogP contribution is 2.24. The van der Waals surface area contributed by atoms with E-state index in [1.54, 1.807) is 24.3 Å². The van der Waals surface area contributed by atoms with Crippen molar-refractivity contribution in [3.63, 3.8) is 0 Å². The second-order valence-corrected chi connectivity index (χ2v) is 12.0. The zero-order chi connectivity index (χ0) is 26.3. The molecule has 0 saturated heterocycles. The first-order valence-electron chi connectivity index (χ1n) is 11.1. The van der Waals surface area contributed by atoms with Crippen LogP contribution in [0.5, 0.6) is 0 Å². The molecule has 2 amide bonds. The number of likely N-dealkylation sites (N-methyl/N-ethyl adjacent to an activating group) is 1. The molecule has 3 rings (SSSR count). The molecule has 0 unspecified atom stereocenters. The first kappa shape index (κ1) is 27.9. The van der Waals surface area contributed by atoms with Gasteiger partial charge in [0, 0.05) is 29.0 Å². The van der Waals surface area contributed by atoms with E-state index in [4.69, 9.17) is 0 Å². The van der Waals surface area contributed by atoms with Gasteiger partial charge in [-0.2, -0.15) is 0 Å². The number of hydrogen-bond acceptors (Lipinski definition) is 4. The topological polar surface area (TPSA) is 86.8 Å². The maximum atomic E-state index is 13.8. The molecule has 36 heavy (non-hydrogen) atoms. The molecule has 0 bridgehead atoms. The van der Waals surface area contributed by atoms with Crippen molar-refractivity contribution in [1.29, 1.82) is 0 Å². The SMILES string of the molecule is CNC(=O)[C@@H](Cc1ccccc1)N(Cc1cccc(Br)c1)C(=O)CN(c1cccc(Br)c1)S(C)(=O)=O. The van der Waals surface area contributed by atoms with Crippen LogP contribution in [0.2, 0.25) is 0 Å². The predicted molar refractivity (Wildman–Crippen MR) is 149 cm³/mol. The number of amides is 2. The van der Waals surface area contributed by atoms with E-state index in [0.29, 0.717) is 10.2 Å². The normalized spacial score (nSPS) is 12.0. The van der Waals surface area contributed by atoms with E-state index in [0.717, 1.165) is 26.2 Å². The van der Waals surface area contributed by atoms with Crippen molar-refractivity contribution in [1.82, 2.24) is 10.2 Å². The van der Waals surface area contributed by atoms with Crippen LogP contribution in [0.15, 0.2) is 87.8 Å². The average Bonchev–Trinajstić information content (AvgIpc) is 2.84. The second kappa shape index (κ2) is 12.5. The third-order valence-electron chi connectivity index (χ3n) is 5.53. The summed E-state index contributed by atoms with van der Waals surface area (Å²) in [5.74, 6) is -0.833. The average molecular weight is 637 g/mol. The van der Waals surface area contributed by atoms with Gasteiger partial charge >= 0.3 is 0 Å². The van der Waals surface area contributed by atoms with E-state index < -0.39 is 28.5 Å². The van der Waals surface area contributed by atoms with Gasteiger partial charge in [0.05, 0.1) is 11.9 Å². The van der Waals surface area contributed by atoms with Crippen LogP contribution in [0.4, 0.5) is 5.69 Å². The summed E-state index contributed by atoms with van der Waals surface area (Å²) < 4.78 is 28.0. The molecule has 10 heteroatoms. The van der Waals surface area contributed by atoms with E-state index in [1.165, 1.54) is 11.9 Å². The fourth-order valence-corrected chi connectivity index (χ4v) is 5.47. The van der Waals surface area contributed by atoms with Gasteiger partial charge in [0.15, 0.2) is 0 Å². The second-order valence-electron chi connectivity index (χ2n) is 8.22. The number of sulfonamides is 1. The first-order valence-corrected chi connectivity index (χ1v) is 14.5. The zero-order valence-electron chi connectivity index (χ0n) is 19.9. The Balaban J connectivity index is 2.03. The maximum Gasteiger partial charge on any atom is 0.244 e. The van der Waals surface area contributed by atoms with E-state index >= 15 is 0 Å². The molecule has 3 aromatic rings. The van der Waals surface area contributed by atoms with Gasteiger partial charge in [-0.25, -0.2) is 8.42 Å². The Morgan fingerprint density at radius 2 is 1.50 bits per heavy atom. The largest absolute Gasteiger partial charge is 0.357 e. The summed E-state index contributed by atoms with van der Waals surface area (Å²) in [6.45, 7) is -0.329. The van der Waals surface area contributed by atoms with Crippen LogP contribution >= 0.6 is 31.9 Å². The monoisotopic (exact) mass is 635 g/mol. The van der Waals surface area contributed by atoms with Crippen molar-refractivity contribution in [3.05, 3.63) is 98.9 Å². The Labute approximate surface area is 228 Å². The minimum atomic E-state index is -3.80.